The summed E-state index contributed by atoms with van der Waals surface area (Å²) >= 11 is 0. The van der Waals surface area contributed by atoms with Crippen LogP contribution in [0.5, 0.6) is 5.75 Å². The molecule has 124 valence electrons. The molecule has 0 radical (unpaired) electrons. The summed E-state index contributed by atoms with van der Waals surface area (Å²) in [5.74, 6) is 0.906. The number of aromatic hydroxyl groups is 1. The van der Waals surface area contributed by atoms with E-state index in [0.717, 1.165) is 23.9 Å². The maximum absolute atomic E-state index is 9.54. The van der Waals surface area contributed by atoms with Crippen LogP contribution in [0.15, 0.2) is 28.2 Å². The molecule has 1 aliphatic rings. The molecule has 0 atom stereocenters. The number of fused-ring (bicyclic) bond motifs is 1. The van der Waals surface area contributed by atoms with E-state index in [1.54, 1.807) is 18.2 Å². The third kappa shape index (κ3) is 4.85. The molecule has 1 heterocycles. The fraction of sp³-hybridized carbons (Fsp3) is 0.550. The van der Waals surface area contributed by atoms with Gasteiger partial charge in [0.15, 0.2) is 5.58 Å². The molecule has 0 spiro atoms. The zero-order valence-electron chi connectivity index (χ0n) is 13.9. The van der Waals surface area contributed by atoms with Crippen LogP contribution in [0.2, 0.25) is 0 Å². The number of aromatic nitrogens is 1. The van der Waals surface area contributed by atoms with Crippen molar-refractivity contribution in [1.29, 1.82) is 0 Å². The number of allylic oxidation sites excluding steroid dienone is 1. The number of phenols is 1. The van der Waals surface area contributed by atoms with Crippen LogP contribution < -0.4 is 0 Å². The first kappa shape index (κ1) is 16.1. The van der Waals surface area contributed by atoms with Crippen molar-refractivity contribution in [2.75, 3.05) is 0 Å². The maximum atomic E-state index is 9.54. The number of hydrogen-bond acceptors (Lipinski definition) is 3. The minimum Gasteiger partial charge on any atom is -0.508 e. The molecule has 23 heavy (non-hydrogen) atoms. The highest BCUT2D eigenvalue weighted by Gasteiger charge is 2.07. The van der Waals surface area contributed by atoms with Gasteiger partial charge < -0.3 is 9.52 Å². The van der Waals surface area contributed by atoms with Gasteiger partial charge in [-0.1, -0.05) is 50.5 Å². The lowest BCUT2D eigenvalue weighted by molar-refractivity contribution is 0.476. The van der Waals surface area contributed by atoms with Crippen LogP contribution >= 0.6 is 0 Å². The largest absolute Gasteiger partial charge is 0.508 e. The predicted molar refractivity (Wildman–Crippen MR) is 94.4 cm³/mol. The minimum absolute atomic E-state index is 0.232. The fourth-order valence-electron chi connectivity index (χ4n) is 3.38. The zero-order valence-corrected chi connectivity index (χ0v) is 13.9. The molecule has 1 N–H and O–H groups in total. The molecule has 1 aromatic heterocycles. The van der Waals surface area contributed by atoms with E-state index in [1.807, 2.05) is 0 Å². The third-order valence-corrected chi connectivity index (χ3v) is 4.71. The SMILES string of the molecule is Oc1ccc2oc(C=C3CCCCCCCCCCC3)nc2c1. The summed E-state index contributed by atoms with van der Waals surface area (Å²) in [6.45, 7) is 0. The topological polar surface area (TPSA) is 46.3 Å². The summed E-state index contributed by atoms with van der Waals surface area (Å²) in [5, 5.41) is 9.54. The highest BCUT2D eigenvalue weighted by atomic mass is 16.3. The van der Waals surface area contributed by atoms with Gasteiger partial charge in [-0.05, 0) is 43.9 Å². The maximum Gasteiger partial charge on any atom is 0.219 e. The van der Waals surface area contributed by atoms with Gasteiger partial charge in [0.2, 0.25) is 5.89 Å². The van der Waals surface area contributed by atoms with Crippen molar-refractivity contribution >= 4 is 17.2 Å². The van der Waals surface area contributed by atoms with Crippen LogP contribution in [0.1, 0.15) is 76.5 Å². The second kappa shape index (κ2) is 8.19. The quantitative estimate of drug-likeness (QED) is 0.679. The molecule has 1 aromatic carbocycles. The van der Waals surface area contributed by atoms with Crippen molar-refractivity contribution in [1.82, 2.24) is 4.98 Å². The van der Waals surface area contributed by atoms with Crippen molar-refractivity contribution in [2.45, 2.75) is 70.6 Å². The Bertz CT molecular complexity index is 643. The Morgan fingerprint density at radius 3 is 2.13 bits per heavy atom. The third-order valence-electron chi connectivity index (χ3n) is 4.71. The van der Waals surface area contributed by atoms with Crippen molar-refractivity contribution in [3.63, 3.8) is 0 Å². The number of phenolic OH excluding ortho intramolecular Hbond substituents is 1. The summed E-state index contributed by atoms with van der Waals surface area (Å²) in [7, 11) is 0. The second-order valence-electron chi connectivity index (χ2n) is 6.69. The molecule has 1 aliphatic carbocycles. The first-order chi connectivity index (χ1) is 11.3. The molecule has 0 bridgehead atoms. The number of benzene rings is 1. The van der Waals surface area contributed by atoms with E-state index in [9.17, 15) is 5.11 Å². The van der Waals surface area contributed by atoms with Gasteiger partial charge in [-0.15, -0.1) is 0 Å². The molecular weight excluding hydrogens is 286 g/mol. The molecule has 0 aliphatic heterocycles. The number of hydrogen-bond donors (Lipinski definition) is 1. The predicted octanol–water partition coefficient (Wildman–Crippen LogP) is 6.22. The summed E-state index contributed by atoms with van der Waals surface area (Å²) in [6, 6.07) is 5.07. The standard InChI is InChI=1S/C20H27NO2/c22-17-12-13-19-18(15-17)21-20(23-19)14-16-10-8-6-4-2-1-3-5-7-9-11-16/h12-15,22H,1-11H2. The first-order valence-corrected chi connectivity index (χ1v) is 9.10. The van der Waals surface area contributed by atoms with Crippen molar-refractivity contribution in [3.8, 4) is 5.75 Å². The molecule has 0 saturated heterocycles. The first-order valence-electron chi connectivity index (χ1n) is 9.10. The van der Waals surface area contributed by atoms with Crippen LogP contribution in [-0.2, 0) is 0 Å². The van der Waals surface area contributed by atoms with Crippen LogP contribution in [0.3, 0.4) is 0 Å². The van der Waals surface area contributed by atoms with Gasteiger partial charge in [0.1, 0.15) is 11.3 Å². The van der Waals surface area contributed by atoms with Crippen LogP contribution in [-0.4, -0.2) is 10.1 Å². The van der Waals surface area contributed by atoms with E-state index in [2.05, 4.69) is 11.1 Å². The number of nitrogens with zero attached hydrogens (tertiary/aromatic N) is 1. The van der Waals surface area contributed by atoms with Crippen LogP contribution in [0, 0.1) is 0 Å². The van der Waals surface area contributed by atoms with Crippen molar-refractivity contribution in [3.05, 3.63) is 29.7 Å². The summed E-state index contributed by atoms with van der Waals surface area (Å²) in [4.78, 5) is 4.49. The molecule has 1 saturated carbocycles. The average molecular weight is 313 g/mol. The molecule has 3 heteroatoms. The fourth-order valence-corrected chi connectivity index (χ4v) is 3.38. The Morgan fingerprint density at radius 1 is 0.870 bits per heavy atom. The molecule has 0 amide bonds. The molecule has 3 rings (SSSR count). The normalized spacial score (nSPS) is 18.3. The Kier molecular flexibility index (Phi) is 5.73. The van der Waals surface area contributed by atoms with Crippen LogP contribution in [0.4, 0.5) is 0 Å². The van der Waals surface area contributed by atoms with E-state index >= 15 is 0 Å². The molecule has 1 fully saturated rings. The lowest BCUT2D eigenvalue weighted by Gasteiger charge is -2.09. The van der Waals surface area contributed by atoms with Gasteiger partial charge in [-0.2, -0.15) is 0 Å². The van der Waals surface area contributed by atoms with Gasteiger partial charge in [-0.25, -0.2) is 4.98 Å². The summed E-state index contributed by atoms with van der Waals surface area (Å²) < 4.78 is 5.80. The Balaban J connectivity index is 1.72. The van der Waals surface area contributed by atoms with Gasteiger partial charge >= 0.3 is 0 Å². The van der Waals surface area contributed by atoms with E-state index in [0.29, 0.717) is 5.89 Å². The summed E-state index contributed by atoms with van der Waals surface area (Å²) in [6.07, 6.45) is 16.6. The minimum atomic E-state index is 0.232. The molecular formula is C20H27NO2. The van der Waals surface area contributed by atoms with E-state index in [4.69, 9.17) is 4.42 Å². The Morgan fingerprint density at radius 2 is 1.48 bits per heavy atom. The van der Waals surface area contributed by atoms with Crippen LogP contribution in [0.25, 0.3) is 17.2 Å². The highest BCUT2D eigenvalue weighted by molar-refractivity contribution is 5.75. The monoisotopic (exact) mass is 313 g/mol. The summed E-state index contributed by atoms with van der Waals surface area (Å²) in [5.41, 5.74) is 2.93. The van der Waals surface area contributed by atoms with Gasteiger partial charge in [-0.3, -0.25) is 0 Å². The number of oxazole rings is 1. The molecule has 3 nitrogen and oxygen atoms in total. The highest BCUT2D eigenvalue weighted by Crippen LogP contribution is 2.25. The molecule has 0 unspecified atom stereocenters. The van der Waals surface area contributed by atoms with E-state index in [-0.39, 0.29) is 5.75 Å². The van der Waals surface area contributed by atoms with E-state index in [1.165, 1.54) is 63.4 Å². The van der Waals surface area contributed by atoms with Gasteiger partial charge in [0.25, 0.3) is 0 Å². The number of rotatable bonds is 1. The lowest BCUT2D eigenvalue weighted by Crippen LogP contribution is -1.90. The lowest BCUT2D eigenvalue weighted by atomic mass is 9.97. The van der Waals surface area contributed by atoms with Gasteiger partial charge in [0.05, 0.1) is 0 Å². The zero-order chi connectivity index (χ0) is 15.9. The average Bonchev–Trinajstić information content (AvgIpc) is 2.91. The van der Waals surface area contributed by atoms with Gasteiger partial charge in [0, 0.05) is 6.07 Å². The van der Waals surface area contributed by atoms with Crippen molar-refractivity contribution in [2.24, 2.45) is 0 Å². The Hall–Kier alpha value is -1.77. The smallest absolute Gasteiger partial charge is 0.219 e. The van der Waals surface area contributed by atoms with E-state index < -0.39 is 0 Å². The second-order valence-corrected chi connectivity index (χ2v) is 6.69. The Labute approximate surface area is 138 Å². The van der Waals surface area contributed by atoms with Crippen molar-refractivity contribution < 1.29 is 9.52 Å². The molecule has 2 aromatic rings.